The first-order valence-corrected chi connectivity index (χ1v) is 5.71. The van der Waals surface area contributed by atoms with Crippen LogP contribution in [0.15, 0.2) is 24.3 Å². The zero-order valence-corrected chi connectivity index (χ0v) is 9.66. The van der Waals surface area contributed by atoms with E-state index >= 15 is 0 Å². The highest BCUT2D eigenvalue weighted by Crippen LogP contribution is 2.14. The van der Waals surface area contributed by atoms with Crippen LogP contribution in [0.1, 0.15) is 31.7 Å². The molecule has 0 saturated heterocycles. The minimum atomic E-state index is 0.359. The van der Waals surface area contributed by atoms with Crippen LogP contribution in [0.4, 0.5) is 0 Å². The van der Waals surface area contributed by atoms with Gasteiger partial charge in [-0.3, -0.25) is 0 Å². The molecule has 1 unspecified atom stereocenters. The van der Waals surface area contributed by atoms with Crippen LogP contribution in [0, 0.1) is 0 Å². The van der Waals surface area contributed by atoms with E-state index in [1.807, 2.05) is 19.2 Å². The lowest BCUT2D eigenvalue weighted by atomic mass is 10.0. The molecule has 0 amide bonds. The fraction of sp³-hybridized carbons (Fsp3) is 0.538. The molecular weight excluding hydrogens is 186 g/mol. The summed E-state index contributed by atoms with van der Waals surface area (Å²) in [7, 11) is 2.00. The summed E-state index contributed by atoms with van der Waals surface area (Å²) in [6.07, 6.45) is 4.68. The molecule has 0 aliphatic rings. The van der Waals surface area contributed by atoms with Gasteiger partial charge in [-0.15, -0.1) is 0 Å². The lowest BCUT2D eigenvalue weighted by Crippen LogP contribution is -2.27. The van der Waals surface area contributed by atoms with Crippen LogP contribution in [0.25, 0.3) is 0 Å². The Morgan fingerprint density at radius 2 is 2.20 bits per heavy atom. The number of phenols is 1. The Balaban J connectivity index is 2.50. The summed E-state index contributed by atoms with van der Waals surface area (Å²) in [4.78, 5) is 0. The number of unbranched alkanes of at least 4 members (excludes halogenated alkanes) is 1. The minimum absolute atomic E-state index is 0.359. The monoisotopic (exact) mass is 207 g/mol. The Morgan fingerprint density at radius 1 is 1.40 bits per heavy atom. The molecule has 0 radical (unpaired) electrons. The van der Waals surface area contributed by atoms with Crippen molar-refractivity contribution in [1.82, 2.24) is 5.32 Å². The van der Waals surface area contributed by atoms with Crippen molar-refractivity contribution in [3.05, 3.63) is 29.8 Å². The molecule has 2 nitrogen and oxygen atoms in total. The summed E-state index contributed by atoms with van der Waals surface area (Å²) in [6, 6.07) is 8.04. The Bertz CT molecular complexity index is 286. The number of likely N-dealkylation sites (N-methyl/N-ethyl adjacent to an activating group) is 1. The Hall–Kier alpha value is -1.02. The van der Waals surface area contributed by atoms with Crippen LogP contribution < -0.4 is 5.32 Å². The average Bonchev–Trinajstić information content (AvgIpc) is 2.24. The zero-order valence-electron chi connectivity index (χ0n) is 9.66. The molecule has 1 atom stereocenters. The maximum atomic E-state index is 9.35. The van der Waals surface area contributed by atoms with Crippen molar-refractivity contribution in [2.45, 2.75) is 38.6 Å². The second kappa shape index (κ2) is 6.46. The summed E-state index contributed by atoms with van der Waals surface area (Å²) in [6.45, 7) is 2.21. The van der Waals surface area contributed by atoms with E-state index in [0.717, 1.165) is 6.42 Å². The Morgan fingerprint density at radius 3 is 2.80 bits per heavy atom. The van der Waals surface area contributed by atoms with Gasteiger partial charge in [0.05, 0.1) is 0 Å². The standard InChI is InChI=1S/C13H21NO/c1-3-4-7-12(14-2)9-11-6-5-8-13(15)10-11/h5-6,8,10,12,14-15H,3-4,7,9H2,1-2H3. The maximum absolute atomic E-state index is 9.35. The van der Waals surface area contributed by atoms with Crippen LogP contribution in [-0.2, 0) is 6.42 Å². The van der Waals surface area contributed by atoms with Crippen molar-refractivity contribution in [2.24, 2.45) is 0 Å². The van der Waals surface area contributed by atoms with Gasteiger partial charge in [0, 0.05) is 6.04 Å². The highest BCUT2D eigenvalue weighted by molar-refractivity contribution is 5.27. The first kappa shape index (κ1) is 12.1. The summed E-state index contributed by atoms with van der Waals surface area (Å²) in [5.41, 5.74) is 1.20. The van der Waals surface area contributed by atoms with Crippen LogP contribution in [0.5, 0.6) is 5.75 Å². The van der Waals surface area contributed by atoms with Gasteiger partial charge in [-0.1, -0.05) is 31.9 Å². The summed E-state index contributed by atoms with van der Waals surface area (Å²) in [5, 5.41) is 12.7. The van der Waals surface area contributed by atoms with Crippen LogP contribution in [0.3, 0.4) is 0 Å². The smallest absolute Gasteiger partial charge is 0.115 e. The van der Waals surface area contributed by atoms with Crippen molar-refractivity contribution in [1.29, 1.82) is 0 Å². The average molecular weight is 207 g/mol. The van der Waals surface area contributed by atoms with E-state index in [-0.39, 0.29) is 0 Å². The predicted molar refractivity (Wildman–Crippen MR) is 64.2 cm³/mol. The normalized spacial score (nSPS) is 12.7. The van der Waals surface area contributed by atoms with Gasteiger partial charge in [-0.25, -0.2) is 0 Å². The molecule has 0 fully saturated rings. The number of benzene rings is 1. The van der Waals surface area contributed by atoms with Crippen LogP contribution in [0.2, 0.25) is 0 Å². The fourth-order valence-electron chi connectivity index (χ4n) is 1.77. The van der Waals surface area contributed by atoms with Gasteiger partial charge in [0.2, 0.25) is 0 Å². The van der Waals surface area contributed by atoms with Gasteiger partial charge in [0.15, 0.2) is 0 Å². The molecule has 84 valence electrons. The van der Waals surface area contributed by atoms with Crippen molar-refractivity contribution in [2.75, 3.05) is 7.05 Å². The number of hydrogen-bond donors (Lipinski definition) is 2. The number of hydrogen-bond acceptors (Lipinski definition) is 2. The first-order valence-electron chi connectivity index (χ1n) is 5.71. The molecule has 0 aromatic heterocycles. The largest absolute Gasteiger partial charge is 0.508 e. The third-order valence-electron chi connectivity index (χ3n) is 2.71. The van der Waals surface area contributed by atoms with E-state index in [4.69, 9.17) is 0 Å². The number of rotatable bonds is 6. The zero-order chi connectivity index (χ0) is 11.1. The molecule has 0 aliphatic heterocycles. The molecule has 2 heteroatoms. The van der Waals surface area contributed by atoms with Gasteiger partial charge < -0.3 is 10.4 Å². The molecule has 15 heavy (non-hydrogen) atoms. The lowest BCUT2D eigenvalue weighted by molar-refractivity contribution is 0.471. The van der Waals surface area contributed by atoms with E-state index in [9.17, 15) is 5.11 Å². The first-order chi connectivity index (χ1) is 7.26. The Kier molecular flexibility index (Phi) is 5.19. The third kappa shape index (κ3) is 4.34. The van der Waals surface area contributed by atoms with Crippen molar-refractivity contribution in [3.8, 4) is 5.75 Å². The number of aromatic hydroxyl groups is 1. The van der Waals surface area contributed by atoms with E-state index in [1.165, 1.54) is 24.8 Å². The third-order valence-corrected chi connectivity index (χ3v) is 2.71. The second-order valence-electron chi connectivity index (χ2n) is 4.00. The van der Waals surface area contributed by atoms with Gasteiger partial charge in [0.1, 0.15) is 5.75 Å². The second-order valence-corrected chi connectivity index (χ2v) is 4.00. The van der Waals surface area contributed by atoms with Gasteiger partial charge in [-0.2, -0.15) is 0 Å². The van der Waals surface area contributed by atoms with Crippen LogP contribution in [-0.4, -0.2) is 18.2 Å². The molecule has 0 aliphatic carbocycles. The summed E-state index contributed by atoms with van der Waals surface area (Å²) >= 11 is 0. The maximum Gasteiger partial charge on any atom is 0.115 e. The molecule has 0 heterocycles. The van der Waals surface area contributed by atoms with E-state index < -0.39 is 0 Å². The van der Waals surface area contributed by atoms with Crippen molar-refractivity contribution < 1.29 is 5.11 Å². The quantitative estimate of drug-likeness (QED) is 0.751. The summed E-state index contributed by atoms with van der Waals surface area (Å²) in [5.74, 6) is 0.359. The highest BCUT2D eigenvalue weighted by atomic mass is 16.3. The number of nitrogens with one attached hydrogen (secondary N) is 1. The Labute approximate surface area is 92.3 Å². The molecule has 0 spiro atoms. The molecular formula is C13H21NO. The van der Waals surface area contributed by atoms with Crippen LogP contribution >= 0.6 is 0 Å². The molecule has 1 aromatic carbocycles. The van der Waals surface area contributed by atoms with E-state index in [1.54, 1.807) is 6.07 Å². The van der Waals surface area contributed by atoms with Crippen molar-refractivity contribution in [3.63, 3.8) is 0 Å². The van der Waals surface area contributed by atoms with Gasteiger partial charge in [0.25, 0.3) is 0 Å². The fourth-order valence-corrected chi connectivity index (χ4v) is 1.77. The van der Waals surface area contributed by atoms with Gasteiger partial charge >= 0.3 is 0 Å². The van der Waals surface area contributed by atoms with E-state index in [0.29, 0.717) is 11.8 Å². The van der Waals surface area contributed by atoms with Gasteiger partial charge in [-0.05, 0) is 37.6 Å². The molecule has 1 rings (SSSR count). The molecule has 2 N–H and O–H groups in total. The number of phenolic OH excluding ortho intramolecular Hbond substituents is 1. The van der Waals surface area contributed by atoms with Crippen molar-refractivity contribution >= 4 is 0 Å². The molecule has 0 saturated carbocycles. The summed E-state index contributed by atoms with van der Waals surface area (Å²) < 4.78 is 0. The SMILES string of the molecule is CCCCC(Cc1cccc(O)c1)NC. The van der Waals surface area contributed by atoms with E-state index in [2.05, 4.69) is 18.3 Å². The predicted octanol–water partition coefficient (Wildman–Crippen LogP) is 2.71. The lowest BCUT2D eigenvalue weighted by Gasteiger charge is -2.15. The highest BCUT2D eigenvalue weighted by Gasteiger charge is 2.06. The molecule has 0 bridgehead atoms. The topological polar surface area (TPSA) is 32.3 Å². The molecule has 1 aromatic rings. The minimum Gasteiger partial charge on any atom is -0.508 e.